The van der Waals surface area contributed by atoms with Crippen LogP contribution in [0, 0.1) is 5.82 Å². The molecule has 1 aliphatic rings. The molecule has 2 unspecified atom stereocenters. The fourth-order valence-corrected chi connectivity index (χ4v) is 3.66. The van der Waals surface area contributed by atoms with Gasteiger partial charge in [0.05, 0.1) is 16.1 Å². The first-order valence-electron chi connectivity index (χ1n) is 7.56. The Kier molecular flexibility index (Phi) is 4.66. The van der Waals surface area contributed by atoms with Crippen molar-refractivity contribution in [2.24, 2.45) is 0 Å². The lowest BCUT2D eigenvalue weighted by Crippen LogP contribution is -2.27. The number of carbonyl (C=O) groups is 1. The van der Waals surface area contributed by atoms with Gasteiger partial charge >= 0.3 is 0 Å². The van der Waals surface area contributed by atoms with Crippen LogP contribution in [0.4, 0.5) is 4.39 Å². The summed E-state index contributed by atoms with van der Waals surface area (Å²) in [6, 6.07) is 9.44. The SMILES string of the molecule is C=CCC(c1ccc(Cl)c(Cl)c1)C1c2cc(F)ccc2C(=O)N1C. The molecular formula is C19H16Cl2FNO. The fourth-order valence-electron chi connectivity index (χ4n) is 3.35. The van der Waals surface area contributed by atoms with E-state index >= 15 is 0 Å². The van der Waals surface area contributed by atoms with Crippen LogP contribution in [0.2, 0.25) is 10.0 Å². The number of nitrogens with zero attached hydrogens (tertiary/aromatic N) is 1. The highest BCUT2D eigenvalue weighted by molar-refractivity contribution is 6.42. The molecule has 0 radical (unpaired) electrons. The number of hydrogen-bond donors (Lipinski definition) is 0. The van der Waals surface area contributed by atoms with Gasteiger partial charge in [0.15, 0.2) is 0 Å². The monoisotopic (exact) mass is 363 g/mol. The maximum absolute atomic E-state index is 13.8. The Labute approximate surface area is 150 Å². The maximum atomic E-state index is 13.8. The van der Waals surface area contributed by atoms with E-state index < -0.39 is 0 Å². The van der Waals surface area contributed by atoms with E-state index in [0.29, 0.717) is 27.6 Å². The van der Waals surface area contributed by atoms with Crippen LogP contribution in [0.5, 0.6) is 0 Å². The van der Waals surface area contributed by atoms with Gasteiger partial charge in [0.1, 0.15) is 5.82 Å². The van der Waals surface area contributed by atoms with Crippen LogP contribution < -0.4 is 0 Å². The van der Waals surface area contributed by atoms with Gasteiger partial charge in [0, 0.05) is 18.5 Å². The Bertz CT molecular complexity index is 821. The number of likely N-dealkylation sites (N-methyl/N-ethyl adjacent to an activating group) is 1. The summed E-state index contributed by atoms with van der Waals surface area (Å²) in [6.45, 7) is 3.82. The first-order chi connectivity index (χ1) is 11.4. The lowest BCUT2D eigenvalue weighted by Gasteiger charge is -2.30. The number of carbonyl (C=O) groups excluding carboxylic acids is 1. The molecule has 2 nitrogen and oxygen atoms in total. The van der Waals surface area contributed by atoms with Crippen LogP contribution in [0.15, 0.2) is 49.1 Å². The van der Waals surface area contributed by atoms with Gasteiger partial charge in [-0.1, -0.05) is 35.3 Å². The van der Waals surface area contributed by atoms with Gasteiger partial charge in [0.25, 0.3) is 5.91 Å². The van der Waals surface area contributed by atoms with E-state index in [1.54, 1.807) is 36.2 Å². The second kappa shape index (κ2) is 6.58. The Balaban J connectivity index is 2.12. The zero-order chi connectivity index (χ0) is 17.4. The van der Waals surface area contributed by atoms with Crippen molar-refractivity contribution in [2.45, 2.75) is 18.4 Å². The molecule has 0 N–H and O–H groups in total. The van der Waals surface area contributed by atoms with E-state index in [1.165, 1.54) is 12.1 Å². The number of amides is 1. The largest absolute Gasteiger partial charge is 0.334 e. The van der Waals surface area contributed by atoms with E-state index in [2.05, 4.69) is 6.58 Å². The second-order valence-corrected chi connectivity index (χ2v) is 6.71. The predicted molar refractivity (Wildman–Crippen MR) is 95.3 cm³/mol. The van der Waals surface area contributed by atoms with Gasteiger partial charge < -0.3 is 4.90 Å². The van der Waals surface area contributed by atoms with Crippen LogP contribution in [0.1, 0.15) is 39.9 Å². The highest BCUT2D eigenvalue weighted by Crippen LogP contribution is 2.45. The molecule has 0 spiro atoms. The number of rotatable bonds is 4. The molecule has 2 aromatic rings. The van der Waals surface area contributed by atoms with Crippen molar-refractivity contribution >= 4 is 29.1 Å². The van der Waals surface area contributed by atoms with E-state index in [4.69, 9.17) is 23.2 Å². The predicted octanol–water partition coefficient (Wildman–Crippen LogP) is 5.62. The van der Waals surface area contributed by atoms with Crippen LogP contribution in [0.25, 0.3) is 0 Å². The van der Waals surface area contributed by atoms with E-state index in [1.807, 2.05) is 6.07 Å². The van der Waals surface area contributed by atoms with Crippen molar-refractivity contribution in [1.82, 2.24) is 4.90 Å². The summed E-state index contributed by atoms with van der Waals surface area (Å²) in [6.07, 6.45) is 2.42. The number of benzene rings is 2. The van der Waals surface area contributed by atoms with Gasteiger partial charge in [-0.3, -0.25) is 4.79 Å². The molecular weight excluding hydrogens is 348 g/mol. The third kappa shape index (κ3) is 2.83. The van der Waals surface area contributed by atoms with Crippen LogP contribution >= 0.6 is 23.2 Å². The summed E-state index contributed by atoms with van der Waals surface area (Å²) in [4.78, 5) is 14.2. The van der Waals surface area contributed by atoms with E-state index in [-0.39, 0.29) is 23.7 Å². The van der Waals surface area contributed by atoms with Crippen molar-refractivity contribution in [3.05, 3.63) is 81.6 Å². The fraction of sp³-hybridized carbons (Fsp3) is 0.211. The summed E-state index contributed by atoms with van der Waals surface area (Å²) in [5, 5.41) is 0.926. The molecule has 5 heteroatoms. The van der Waals surface area contributed by atoms with Gasteiger partial charge in [0.2, 0.25) is 0 Å². The summed E-state index contributed by atoms with van der Waals surface area (Å²) in [5.74, 6) is -0.549. The molecule has 0 saturated heterocycles. The first-order valence-corrected chi connectivity index (χ1v) is 8.32. The quantitative estimate of drug-likeness (QED) is 0.645. The molecule has 24 heavy (non-hydrogen) atoms. The smallest absolute Gasteiger partial charge is 0.254 e. The molecule has 0 bridgehead atoms. The zero-order valence-electron chi connectivity index (χ0n) is 13.1. The number of hydrogen-bond acceptors (Lipinski definition) is 1. The average molecular weight is 364 g/mol. The topological polar surface area (TPSA) is 20.3 Å². The third-order valence-corrected chi connectivity index (χ3v) is 5.21. The molecule has 0 fully saturated rings. The molecule has 124 valence electrons. The highest BCUT2D eigenvalue weighted by Gasteiger charge is 2.39. The standard InChI is InChI=1S/C19H16Cl2FNO/c1-3-4-13(11-5-8-16(20)17(21)9-11)18-15-10-12(22)6-7-14(15)19(24)23(18)2/h3,5-10,13,18H,1,4H2,2H3. The third-order valence-electron chi connectivity index (χ3n) is 4.47. The minimum absolute atomic E-state index is 0.0886. The average Bonchev–Trinajstić information content (AvgIpc) is 2.79. The van der Waals surface area contributed by atoms with Crippen molar-refractivity contribution < 1.29 is 9.18 Å². The molecule has 0 aromatic heterocycles. The molecule has 1 aliphatic heterocycles. The first kappa shape index (κ1) is 17.0. The van der Waals surface area contributed by atoms with Crippen LogP contribution in [-0.4, -0.2) is 17.9 Å². The Hall–Kier alpha value is -1.84. The number of fused-ring (bicyclic) bond motifs is 1. The van der Waals surface area contributed by atoms with E-state index in [0.717, 1.165) is 5.56 Å². The van der Waals surface area contributed by atoms with Crippen LogP contribution in [-0.2, 0) is 0 Å². The zero-order valence-corrected chi connectivity index (χ0v) is 14.6. The molecule has 0 saturated carbocycles. The van der Waals surface area contributed by atoms with Crippen LogP contribution in [0.3, 0.4) is 0 Å². The molecule has 1 amide bonds. The normalized spacial score (nSPS) is 17.8. The minimum atomic E-state index is -0.353. The highest BCUT2D eigenvalue weighted by atomic mass is 35.5. The van der Waals surface area contributed by atoms with Crippen molar-refractivity contribution in [3.63, 3.8) is 0 Å². The summed E-state index contributed by atoms with van der Waals surface area (Å²) in [7, 11) is 1.73. The number of halogens is 3. The summed E-state index contributed by atoms with van der Waals surface area (Å²) >= 11 is 12.2. The lowest BCUT2D eigenvalue weighted by atomic mass is 9.84. The minimum Gasteiger partial charge on any atom is -0.334 e. The Morgan fingerprint density at radius 1 is 1.25 bits per heavy atom. The molecule has 1 heterocycles. The van der Waals surface area contributed by atoms with Crippen molar-refractivity contribution in [3.8, 4) is 0 Å². The maximum Gasteiger partial charge on any atom is 0.254 e. The molecule has 3 rings (SSSR count). The van der Waals surface area contributed by atoms with Gasteiger partial charge in [-0.15, -0.1) is 6.58 Å². The summed E-state index contributed by atoms with van der Waals surface area (Å²) < 4.78 is 13.8. The van der Waals surface area contributed by atoms with Gasteiger partial charge in [-0.05, 0) is 47.9 Å². The summed E-state index contributed by atoms with van der Waals surface area (Å²) in [5.41, 5.74) is 2.17. The Morgan fingerprint density at radius 3 is 2.67 bits per heavy atom. The van der Waals surface area contributed by atoms with Crippen molar-refractivity contribution in [2.75, 3.05) is 7.05 Å². The van der Waals surface area contributed by atoms with Gasteiger partial charge in [-0.25, -0.2) is 4.39 Å². The number of allylic oxidation sites excluding steroid dienone is 1. The second-order valence-electron chi connectivity index (χ2n) is 5.90. The van der Waals surface area contributed by atoms with E-state index in [9.17, 15) is 9.18 Å². The molecule has 2 atom stereocenters. The Morgan fingerprint density at radius 2 is 2.00 bits per heavy atom. The molecule has 0 aliphatic carbocycles. The lowest BCUT2D eigenvalue weighted by molar-refractivity contribution is 0.0755. The van der Waals surface area contributed by atoms with Crippen molar-refractivity contribution in [1.29, 1.82) is 0 Å². The van der Waals surface area contributed by atoms with Gasteiger partial charge in [-0.2, -0.15) is 0 Å². The molecule has 2 aromatic carbocycles.